The molecule has 3 atom stereocenters. The molecule has 12 heteroatoms. The van der Waals surface area contributed by atoms with Crippen LogP contribution in [0.1, 0.15) is 45.7 Å². The summed E-state index contributed by atoms with van der Waals surface area (Å²) >= 11 is 0. The zero-order chi connectivity index (χ0) is 31.0. The number of benzene rings is 2. The summed E-state index contributed by atoms with van der Waals surface area (Å²) in [4.78, 5) is 36.8. The molecule has 0 aliphatic rings. The van der Waals surface area contributed by atoms with Crippen LogP contribution < -0.4 is 5.32 Å². The average Bonchev–Trinajstić information content (AvgIpc) is 2.88. The summed E-state index contributed by atoms with van der Waals surface area (Å²) in [5.41, 5.74) is 0.603. The van der Waals surface area contributed by atoms with Gasteiger partial charge in [-0.3, -0.25) is 9.69 Å². The van der Waals surface area contributed by atoms with Gasteiger partial charge < -0.3 is 15.5 Å². The number of nitrogens with zero attached hydrogens (tertiary/aromatic N) is 3. The lowest BCUT2D eigenvalue weighted by molar-refractivity contribution is -0.130. The van der Waals surface area contributed by atoms with Gasteiger partial charge in [0.2, 0.25) is 15.9 Å². The van der Waals surface area contributed by atoms with Crippen LogP contribution in [0, 0.1) is 16.2 Å². The van der Waals surface area contributed by atoms with Crippen molar-refractivity contribution in [2.24, 2.45) is 16.5 Å². The van der Waals surface area contributed by atoms with E-state index >= 15 is 0 Å². The SMILES string of the molecule is CC(C)CN(C[C@@H](O)[C@H](Cc1ccccc1)NC(=O)[C@@H](N(C)C(=O)O)C(C)(C)C)S(=O)(=O)c1ccc(CN=O)cc1. The second kappa shape index (κ2) is 14.5. The molecule has 226 valence electrons. The highest BCUT2D eigenvalue weighted by Gasteiger charge is 2.39. The van der Waals surface area contributed by atoms with Crippen LogP contribution in [0.15, 0.2) is 64.7 Å². The summed E-state index contributed by atoms with van der Waals surface area (Å²) in [6.07, 6.45) is -2.42. The largest absolute Gasteiger partial charge is 0.465 e. The van der Waals surface area contributed by atoms with E-state index in [1.54, 1.807) is 20.8 Å². The highest BCUT2D eigenvalue weighted by atomic mass is 32.2. The number of nitrogens with one attached hydrogen (secondary N) is 1. The number of hydrogen-bond acceptors (Lipinski definition) is 7. The topological polar surface area (TPSA) is 157 Å². The van der Waals surface area contributed by atoms with Crippen molar-refractivity contribution < 1.29 is 28.2 Å². The number of nitroso groups, excluding NO2 is 1. The van der Waals surface area contributed by atoms with E-state index in [4.69, 9.17) is 0 Å². The number of carboxylic acid groups (broad SMARTS) is 1. The van der Waals surface area contributed by atoms with Gasteiger partial charge in [-0.1, -0.05) is 82.3 Å². The molecule has 0 aliphatic carbocycles. The second-order valence-electron chi connectivity index (χ2n) is 11.7. The van der Waals surface area contributed by atoms with Crippen LogP contribution in [-0.4, -0.2) is 78.2 Å². The van der Waals surface area contributed by atoms with E-state index in [-0.39, 0.29) is 36.9 Å². The van der Waals surface area contributed by atoms with Crippen molar-refractivity contribution in [2.75, 3.05) is 20.1 Å². The van der Waals surface area contributed by atoms with Gasteiger partial charge in [-0.25, -0.2) is 13.2 Å². The predicted molar refractivity (Wildman–Crippen MR) is 157 cm³/mol. The first-order valence-corrected chi connectivity index (χ1v) is 14.9. The molecule has 0 heterocycles. The standard InChI is InChI=1S/C29H42N4O7S/c1-20(2)18-33(41(39,40)23-14-12-22(13-15-23)17-30-38)19-25(34)24(16-21-10-8-7-9-11-21)31-27(35)26(29(3,4)5)32(6)28(36)37/h7-15,20,24-26,34H,16-19H2,1-6H3,(H,31,35)(H,36,37)/t24-,25+,26+/m0/s1. The Morgan fingerprint density at radius 3 is 2.05 bits per heavy atom. The quantitative estimate of drug-likeness (QED) is 0.283. The summed E-state index contributed by atoms with van der Waals surface area (Å²) in [6.45, 7) is 8.65. The second-order valence-corrected chi connectivity index (χ2v) is 13.6. The van der Waals surface area contributed by atoms with Gasteiger partial charge in [0.1, 0.15) is 12.6 Å². The molecule has 0 bridgehead atoms. The molecule has 2 aromatic rings. The summed E-state index contributed by atoms with van der Waals surface area (Å²) in [5, 5.41) is 26.7. The predicted octanol–water partition coefficient (Wildman–Crippen LogP) is 3.71. The van der Waals surface area contributed by atoms with Crippen molar-refractivity contribution >= 4 is 22.0 Å². The number of carbonyl (C=O) groups excluding carboxylic acids is 1. The Balaban J connectivity index is 2.43. The molecular weight excluding hydrogens is 548 g/mol. The van der Waals surface area contributed by atoms with Crippen molar-refractivity contribution in [1.29, 1.82) is 0 Å². The first kappa shape index (κ1) is 33.9. The first-order chi connectivity index (χ1) is 19.1. The van der Waals surface area contributed by atoms with Gasteiger partial charge in [0.05, 0.1) is 17.0 Å². The van der Waals surface area contributed by atoms with E-state index in [1.807, 2.05) is 44.2 Å². The maximum absolute atomic E-state index is 13.6. The lowest BCUT2D eigenvalue weighted by Gasteiger charge is -2.37. The van der Waals surface area contributed by atoms with Crippen LogP contribution in [-0.2, 0) is 27.8 Å². The number of likely N-dealkylation sites (N-methyl/N-ethyl adjacent to an activating group) is 1. The maximum Gasteiger partial charge on any atom is 0.407 e. The summed E-state index contributed by atoms with van der Waals surface area (Å²) < 4.78 is 28.5. The molecule has 0 aromatic heterocycles. The number of aliphatic hydroxyl groups excluding tert-OH is 1. The number of carbonyl (C=O) groups is 2. The number of aliphatic hydroxyl groups is 1. The molecule has 0 aliphatic heterocycles. The van der Waals surface area contributed by atoms with Gasteiger partial charge in [0, 0.05) is 20.1 Å². The highest BCUT2D eigenvalue weighted by molar-refractivity contribution is 7.89. The molecule has 0 saturated carbocycles. The van der Waals surface area contributed by atoms with Crippen LogP contribution >= 0.6 is 0 Å². The van der Waals surface area contributed by atoms with E-state index in [9.17, 15) is 33.1 Å². The Morgan fingerprint density at radius 2 is 1.56 bits per heavy atom. The van der Waals surface area contributed by atoms with Gasteiger partial charge in [0.15, 0.2) is 0 Å². The molecule has 0 fully saturated rings. The van der Waals surface area contributed by atoms with Crippen LogP contribution in [0.2, 0.25) is 0 Å². The lowest BCUT2D eigenvalue weighted by Crippen LogP contribution is -2.59. The van der Waals surface area contributed by atoms with E-state index in [0.717, 1.165) is 10.5 Å². The summed E-state index contributed by atoms with van der Waals surface area (Å²) in [5.74, 6) is -0.674. The first-order valence-electron chi connectivity index (χ1n) is 13.4. The fourth-order valence-electron chi connectivity index (χ4n) is 4.68. The van der Waals surface area contributed by atoms with Crippen molar-refractivity contribution in [2.45, 2.75) is 70.7 Å². The van der Waals surface area contributed by atoms with E-state index < -0.39 is 45.6 Å². The number of sulfonamides is 1. The molecular formula is C29H42N4O7S. The van der Waals surface area contributed by atoms with Crippen molar-refractivity contribution in [3.05, 3.63) is 70.6 Å². The number of hydrogen-bond donors (Lipinski definition) is 3. The van der Waals surface area contributed by atoms with Crippen molar-refractivity contribution in [3.8, 4) is 0 Å². The van der Waals surface area contributed by atoms with Crippen LogP contribution in [0.4, 0.5) is 4.79 Å². The molecule has 2 amide bonds. The zero-order valence-electron chi connectivity index (χ0n) is 24.5. The Kier molecular flexibility index (Phi) is 12.0. The zero-order valence-corrected chi connectivity index (χ0v) is 25.3. The molecule has 2 rings (SSSR count). The van der Waals surface area contributed by atoms with Gasteiger partial charge in [-0.05, 0) is 41.0 Å². The normalized spacial score (nSPS) is 14.4. The molecule has 0 unspecified atom stereocenters. The minimum Gasteiger partial charge on any atom is -0.465 e. The Bertz CT molecular complexity index is 1260. The Morgan fingerprint density at radius 1 is 0.976 bits per heavy atom. The molecule has 0 saturated heterocycles. The highest BCUT2D eigenvalue weighted by Crippen LogP contribution is 2.25. The summed E-state index contributed by atoms with van der Waals surface area (Å²) in [7, 11) is -2.74. The third-order valence-electron chi connectivity index (χ3n) is 6.62. The van der Waals surface area contributed by atoms with Gasteiger partial charge >= 0.3 is 6.09 Å². The third kappa shape index (κ3) is 9.61. The lowest BCUT2D eigenvalue weighted by atomic mass is 9.85. The maximum atomic E-state index is 13.6. The average molecular weight is 591 g/mol. The van der Waals surface area contributed by atoms with Crippen LogP contribution in [0.5, 0.6) is 0 Å². The number of rotatable bonds is 14. The van der Waals surface area contributed by atoms with E-state index in [1.165, 1.54) is 35.6 Å². The third-order valence-corrected chi connectivity index (χ3v) is 8.46. The molecule has 0 radical (unpaired) electrons. The van der Waals surface area contributed by atoms with E-state index in [2.05, 4.69) is 10.5 Å². The minimum atomic E-state index is -4.06. The van der Waals surface area contributed by atoms with Crippen molar-refractivity contribution in [1.82, 2.24) is 14.5 Å². The molecule has 41 heavy (non-hydrogen) atoms. The van der Waals surface area contributed by atoms with Crippen molar-refractivity contribution in [3.63, 3.8) is 0 Å². The van der Waals surface area contributed by atoms with Crippen LogP contribution in [0.25, 0.3) is 0 Å². The Labute approximate surface area is 242 Å². The van der Waals surface area contributed by atoms with Gasteiger partial charge in [0.25, 0.3) is 0 Å². The number of amides is 2. The molecule has 3 N–H and O–H groups in total. The summed E-state index contributed by atoms with van der Waals surface area (Å²) in [6, 6.07) is 12.9. The monoisotopic (exact) mass is 590 g/mol. The molecule has 0 spiro atoms. The molecule has 11 nitrogen and oxygen atoms in total. The smallest absolute Gasteiger partial charge is 0.407 e. The fraction of sp³-hybridized carbons (Fsp3) is 0.517. The fourth-order valence-corrected chi connectivity index (χ4v) is 6.30. The van der Waals surface area contributed by atoms with Gasteiger partial charge in [-0.2, -0.15) is 9.21 Å². The van der Waals surface area contributed by atoms with E-state index in [0.29, 0.717) is 5.56 Å². The minimum absolute atomic E-state index is 0.000441. The van der Waals surface area contributed by atoms with Gasteiger partial charge in [-0.15, -0.1) is 0 Å². The van der Waals surface area contributed by atoms with Crippen LogP contribution in [0.3, 0.4) is 0 Å². The Hall–Kier alpha value is -3.35. The molecule has 2 aromatic carbocycles.